The topological polar surface area (TPSA) is 69.2 Å². The number of hydrogen-bond donors (Lipinski definition) is 2. The van der Waals surface area contributed by atoms with Crippen molar-refractivity contribution in [3.05, 3.63) is 89.2 Å². The van der Waals surface area contributed by atoms with Crippen molar-refractivity contribution in [1.29, 1.82) is 0 Å². The van der Waals surface area contributed by atoms with E-state index in [0.29, 0.717) is 16.0 Å². The Bertz CT molecular complexity index is 1260. The lowest BCUT2D eigenvalue weighted by Gasteiger charge is -2.28. The van der Waals surface area contributed by atoms with Crippen LogP contribution in [-0.4, -0.2) is 41.1 Å². The molecule has 7 nitrogen and oxygen atoms in total. The molecular weight excluding hydrogens is 469 g/mol. The van der Waals surface area contributed by atoms with Gasteiger partial charge in [0.2, 0.25) is 5.95 Å². The van der Waals surface area contributed by atoms with Crippen LogP contribution in [-0.2, 0) is 0 Å². The van der Waals surface area contributed by atoms with Crippen molar-refractivity contribution in [3.63, 3.8) is 0 Å². The van der Waals surface area contributed by atoms with Crippen LogP contribution in [0, 0.1) is 0 Å². The third kappa shape index (κ3) is 5.22. The molecule has 0 bridgehead atoms. The summed E-state index contributed by atoms with van der Waals surface area (Å²) < 4.78 is 0. The SMILES string of the molecule is Clc1cccc(NN(c2cccc(Cl)c2)c2nccc(-c3ccc(N4CCNCC4)nc3)n2)c1. The Morgan fingerprint density at radius 1 is 0.882 bits per heavy atom. The molecule has 0 saturated carbocycles. The molecule has 0 unspecified atom stereocenters. The molecule has 2 aromatic heterocycles. The van der Waals surface area contributed by atoms with Gasteiger partial charge in [-0.15, -0.1) is 0 Å². The fraction of sp³-hybridized carbons (Fsp3) is 0.160. The van der Waals surface area contributed by atoms with Gasteiger partial charge in [0.1, 0.15) is 5.82 Å². The largest absolute Gasteiger partial charge is 0.354 e. The monoisotopic (exact) mass is 491 g/mol. The third-order valence-corrected chi connectivity index (χ3v) is 5.93. The van der Waals surface area contributed by atoms with Crippen molar-refractivity contribution in [1.82, 2.24) is 20.3 Å². The third-order valence-electron chi connectivity index (χ3n) is 5.46. The molecule has 5 rings (SSSR count). The second kappa shape index (κ2) is 10.3. The van der Waals surface area contributed by atoms with Crippen LogP contribution in [0.5, 0.6) is 0 Å². The highest BCUT2D eigenvalue weighted by molar-refractivity contribution is 6.31. The fourth-order valence-corrected chi connectivity index (χ4v) is 4.14. The Morgan fingerprint density at radius 2 is 1.68 bits per heavy atom. The maximum atomic E-state index is 6.28. The zero-order valence-electron chi connectivity index (χ0n) is 18.3. The van der Waals surface area contributed by atoms with Crippen molar-refractivity contribution in [2.75, 3.05) is 41.5 Å². The molecule has 0 radical (unpaired) electrons. The molecule has 3 heterocycles. The van der Waals surface area contributed by atoms with Gasteiger partial charge in [0, 0.05) is 54.2 Å². The summed E-state index contributed by atoms with van der Waals surface area (Å²) in [5.74, 6) is 1.44. The van der Waals surface area contributed by atoms with Gasteiger partial charge in [-0.2, -0.15) is 0 Å². The Hall–Kier alpha value is -3.39. The summed E-state index contributed by atoms with van der Waals surface area (Å²) in [4.78, 5) is 16.3. The van der Waals surface area contributed by atoms with Crippen molar-refractivity contribution in [3.8, 4) is 11.3 Å². The molecule has 0 amide bonds. The molecule has 34 heavy (non-hydrogen) atoms. The maximum Gasteiger partial charge on any atom is 0.249 e. The smallest absolute Gasteiger partial charge is 0.249 e. The van der Waals surface area contributed by atoms with Gasteiger partial charge in [0.25, 0.3) is 0 Å². The van der Waals surface area contributed by atoms with Gasteiger partial charge >= 0.3 is 0 Å². The maximum absolute atomic E-state index is 6.28. The Balaban J connectivity index is 1.46. The predicted octanol–water partition coefficient (Wildman–Crippen LogP) is 5.42. The number of benzene rings is 2. The molecule has 1 fully saturated rings. The van der Waals surface area contributed by atoms with Gasteiger partial charge in [-0.25, -0.2) is 20.0 Å². The van der Waals surface area contributed by atoms with Crippen molar-refractivity contribution >= 4 is 46.3 Å². The fourth-order valence-electron chi connectivity index (χ4n) is 3.77. The summed E-state index contributed by atoms with van der Waals surface area (Å²) in [5.41, 5.74) is 6.61. The Labute approximate surface area is 208 Å². The zero-order chi connectivity index (χ0) is 23.3. The lowest BCUT2D eigenvalue weighted by molar-refractivity contribution is 0.585. The number of hydrogen-bond acceptors (Lipinski definition) is 7. The van der Waals surface area contributed by atoms with Crippen LogP contribution in [0.1, 0.15) is 0 Å². The van der Waals surface area contributed by atoms with E-state index in [4.69, 9.17) is 28.2 Å². The number of anilines is 4. The van der Waals surface area contributed by atoms with Gasteiger partial charge in [0.05, 0.1) is 17.1 Å². The van der Waals surface area contributed by atoms with Crippen LogP contribution in [0.2, 0.25) is 10.0 Å². The van der Waals surface area contributed by atoms with Crippen LogP contribution in [0.25, 0.3) is 11.3 Å². The van der Waals surface area contributed by atoms with Gasteiger partial charge in [-0.1, -0.05) is 35.3 Å². The van der Waals surface area contributed by atoms with E-state index in [1.165, 1.54) is 0 Å². The number of rotatable bonds is 6. The first-order valence-electron chi connectivity index (χ1n) is 11.0. The molecule has 0 aliphatic carbocycles. The van der Waals surface area contributed by atoms with E-state index in [2.05, 4.69) is 25.6 Å². The summed E-state index contributed by atoms with van der Waals surface area (Å²) in [7, 11) is 0. The number of nitrogens with one attached hydrogen (secondary N) is 2. The van der Waals surface area contributed by atoms with Crippen molar-refractivity contribution in [2.24, 2.45) is 0 Å². The molecule has 172 valence electrons. The van der Waals surface area contributed by atoms with E-state index in [9.17, 15) is 0 Å². The molecule has 0 spiro atoms. The van der Waals surface area contributed by atoms with Crippen LogP contribution in [0.4, 0.5) is 23.1 Å². The molecular formula is C25H23Cl2N7. The lowest BCUT2D eigenvalue weighted by atomic mass is 10.2. The van der Waals surface area contributed by atoms with Crippen LogP contribution < -0.4 is 20.7 Å². The van der Waals surface area contributed by atoms with Crippen LogP contribution >= 0.6 is 23.2 Å². The van der Waals surface area contributed by atoms with Gasteiger partial charge < -0.3 is 10.2 Å². The second-order valence-electron chi connectivity index (χ2n) is 7.82. The summed E-state index contributed by atoms with van der Waals surface area (Å²) in [6.45, 7) is 3.84. The molecule has 4 aromatic rings. The average molecular weight is 492 g/mol. The highest BCUT2D eigenvalue weighted by Gasteiger charge is 2.16. The first kappa shape index (κ1) is 22.4. The van der Waals surface area contributed by atoms with Gasteiger partial charge in [-0.3, -0.25) is 5.43 Å². The number of hydrazine groups is 1. The zero-order valence-corrected chi connectivity index (χ0v) is 19.8. The number of aromatic nitrogens is 3. The average Bonchev–Trinajstić information content (AvgIpc) is 2.88. The van der Waals surface area contributed by atoms with E-state index < -0.39 is 0 Å². The van der Waals surface area contributed by atoms with E-state index in [1.54, 1.807) is 11.2 Å². The first-order chi connectivity index (χ1) is 16.7. The van der Waals surface area contributed by atoms with Gasteiger partial charge in [-0.05, 0) is 54.6 Å². The first-order valence-corrected chi connectivity index (χ1v) is 11.7. The molecule has 1 aliphatic heterocycles. The minimum Gasteiger partial charge on any atom is -0.354 e. The van der Waals surface area contributed by atoms with Crippen molar-refractivity contribution in [2.45, 2.75) is 0 Å². The standard InChI is InChI=1S/C25H23Cl2N7/c26-19-3-1-5-21(15-19)32-34(22-6-2-4-20(27)16-22)25-29-10-9-23(31-25)18-7-8-24(30-17-18)33-13-11-28-12-14-33/h1-10,15-17,28,32H,11-14H2. The number of nitrogens with zero attached hydrogens (tertiary/aromatic N) is 5. The molecule has 2 N–H and O–H groups in total. The minimum absolute atomic E-state index is 0.464. The number of piperazine rings is 1. The van der Waals surface area contributed by atoms with Crippen LogP contribution in [0.15, 0.2) is 79.1 Å². The minimum atomic E-state index is 0.464. The molecule has 2 aromatic carbocycles. The second-order valence-corrected chi connectivity index (χ2v) is 8.69. The quantitative estimate of drug-likeness (QED) is 0.349. The molecule has 1 aliphatic rings. The molecule has 0 atom stereocenters. The van der Waals surface area contributed by atoms with E-state index in [1.807, 2.05) is 72.9 Å². The predicted molar refractivity (Wildman–Crippen MR) is 139 cm³/mol. The van der Waals surface area contributed by atoms with E-state index in [0.717, 1.165) is 54.6 Å². The van der Waals surface area contributed by atoms with E-state index >= 15 is 0 Å². The van der Waals surface area contributed by atoms with Crippen molar-refractivity contribution < 1.29 is 0 Å². The highest BCUT2D eigenvalue weighted by Crippen LogP contribution is 2.28. The summed E-state index contributed by atoms with van der Waals surface area (Å²) >= 11 is 12.5. The normalized spacial score (nSPS) is 13.5. The summed E-state index contributed by atoms with van der Waals surface area (Å²) in [6.07, 6.45) is 3.59. The summed E-state index contributed by atoms with van der Waals surface area (Å²) in [5, 5.41) is 6.38. The summed E-state index contributed by atoms with van der Waals surface area (Å²) in [6, 6.07) is 20.9. The highest BCUT2D eigenvalue weighted by atomic mass is 35.5. The van der Waals surface area contributed by atoms with Gasteiger partial charge in [0.15, 0.2) is 0 Å². The van der Waals surface area contributed by atoms with Crippen LogP contribution in [0.3, 0.4) is 0 Å². The molecule has 1 saturated heterocycles. The Morgan fingerprint density at radius 3 is 2.41 bits per heavy atom. The molecule has 9 heteroatoms. The number of pyridine rings is 1. The Kier molecular flexibility index (Phi) is 6.76. The van der Waals surface area contributed by atoms with E-state index in [-0.39, 0.29) is 0 Å². The number of halogens is 2. The lowest BCUT2D eigenvalue weighted by Crippen LogP contribution is -2.43.